The van der Waals surface area contributed by atoms with Crippen LogP contribution in [0.15, 0.2) is 48.7 Å². The Morgan fingerprint density at radius 3 is 2.38 bits per heavy atom. The van der Waals surface area contributed by atoms with E-state index in [1.54, 1.807) is 11.0 Å². The second-order valence-electron chi connectivity index (χ2n) is 7.62. The number of anilines is 1. The summed E-state index contributed by atoms with van der Waals surface area (Å²) in [4.78, 5) is 19.0. The SMILES string of the molecule is COc1cc(C(=O)N2CCC(c3ccc(N)nn3)CC2)ncc1Oc1ccc(OC(F)F)cc1. The molecule has 1 amide bonds. The molecule has 0 spiro atoms. The van der Waals surface area contributed by atoms with Gasteiger partial charge in [0.2, 0.25) is 0 Å². The highest BCUT2D eigenvalue weighted by molar-refractivity contribution is 5.93. The Hall–Kier alpha value is -4.02. The van der Waals surface area contributed by atoms with E-state index in [2.05, 4.69) is 19.9 Å². The fourth-order valence-electron chi connectivity index (χ4n) is 3.70. The number of aromatic nitrogens is 3. The molecule has 178 valence electrons. The number of methoxy groups -OCH3 is 1. The van der Waals surface area contributed by atoms with E-state index in [4.69, 9.17) is 15.2 Å². The number of likely N-dealkylation sites (tertiary alicyclic amines) is 1. The zero-order chi connectivity index (χ0) is 24.1. The molecular weight excluding hydrogens is 448 g/mol. The number of nitrogen functional groups attached to an aromatic ring is 1. The van der Waals surface area contributed by atoms with Crippen LogP contribution in [0.2, 0.25) is 0 Å². The zero-order valence-corrected chi connectivity index (χ0v) is 18.4. The minimum atomic E-state index is -2.90. The number of rotatable bonds is 7. The molecule has 0 unspecified atom stereocenters. The van der Waals surface area contributed by atoms with Crippen LogP contribution in [-0.4, -0.2) is 52.8 Å². The quantitative estimate of drug-likeness (QED) is 0.553. The van der Waals surface area contributed by atoms with Crippen molar-refractivity contribution in [2.75, 3.05) is 25.9 Å². The summed E-state index contributed by atoms with van der Waals surface area (Å²) in [5.41, 5.74) is 6.70. The van der Waals surface area contributed by atoms with E-state index in [9.17, 15) is 13.6 Å². The molecule has 11 heteroatoms. The van der Waals surface area contributed by atoms with Crippen molar-refractivity contribution in [1.82, 2.24) is 20.1 Å². The average molecular weight is 471 g/mol. The van der Waals surface area contributed by atoms with Gasteiger partial charge in [0.25, 0.3) is 5.91 Å². The first kappa shape index (κ1) is 23.1. The first-order chi connectivity index (χ1) is 16.4. The fraction of sp³-hybridized carbons (Fsp3) is 0.304. The molecule has 1 saturated heterocycles. The molecule has 1 aliphatic heterocycles. The third-order valence-electron chi connectivity index (χ3n) is 5.45. The number of benzene rings is 1. The molecular formula is C23H23F2N5O4. The smallest absolute Gasteiger partial charge is 0.387 e. The van der Waals surface area contributed by atoms with Gasteiger partial charge in [0.1, 0.15) is 23.0 Å². The van der Waals surface area contributed by atoms with Gasteiger partial charge in [-0.2, -0.15) is 13.9 Å². The molecule has 1 aromatic carbocycles. The Kier molecular flexibility index (Phi) is 7.00. The van der Waals surface area contributed by atoms with Crippen LogP contribution in [0.4, 0.5) is 14.6 Å². The number of pyridine rings is 1. The molecule has 2 N–H and O–H groups in total. The second-order valence-corrected chi connectivity index (χ2v) is 7.62. The lowest BCUT2D eigenvalue weighted by Crippen LogP contribution is -2.38. The third-order valence-corrected chi connectivity index (χ3v) is 5.45. The van der Waals surface area contributed by atoms with Gasteiger partial charge in [0.05, 0.1) is 19.0 Å². The van der Waals surface area contributed by atoms with Gasteiger partial charge in [-0.25, -0.2) is 4.98 Å². The van der Waals surface area contributed by atoms with E-state index in [1.165, 1.54) is 43.6 Å². The summed E-state index contributed by atoms with van der Waals surface area (Å²) in [5.74, 6) is 1.37. The number of carbonyl (C=O) groups is 1. The summed E-state index contributed by atoms with van der Waals surface area (Å²) in [6, 6.07) is 10.8. The molecule has 4 rings (SSSR count). The largest absolute Gasteiger partial charge is 0.493 e. The van der Waals surface area contributed by atoms with Crippen LogP contribution in [-0.2, 0) is 0 Å². The van der Waals surface area contributed by atoms with Crippen molar-refractivity contribution in [3.8, 4) is 23.0 Å². The van der Waals surface area contributed by atoms with Gasteiger partial charge in [-0.3, -0.25) is 4.79 Å². The van der Waals surface area contributed by atoms with E-state index < -0.39 is 6.61 Å². The summed E-state index contributed by atoms with van der Waals surface area (Å²) >= 11 is 0. The highest BCUT2D eigenvalue weighted by atomic mass is 19.3. The monoisotopic (exact) mass is 471 g/mol. The van der Waals surface area contributed by atoms with Crippen LogP contribution in [0, 0.1) is 0 Å². The van der Waals surface area contributed by atoms with Crippen molar-refractivity contribution >= 4 is 11.7 Å². The van der Waals surface area contributed by atoms with Crippen LogP contribution >= 0.6 is 0 Å². The summed E-state index contributed by atoms with van der Waals surface area (Å²) < 4.78 is 40.0. The van der Waals surface area contributed by atoms with Crippen LogP contribution < -0.4 is 19.9 Å². The molecule has 0 radical (unpaired) electrons. The Bertz CT molecular complexity index is 1120. The summed E-state index contributed by atoms with van der Waals surface area (Å²) in [6.07, 6.45) is 2.91. The number of hydrogen-bond acceptors (Lipinski definition) is 8. The lowest BCUT2D eigenvalue weighted by molar-refractivity contribution is -0.0498. The van der Waals surface area contributed by atoms with E-state index in [0.29, 0.717) is 30.4 Å². The number of amides is 1. The van der Waals surface area contributed by atoms with Crippen LogP contribution in [0.25, 0.3) is 0 Å². The predicted molar refractivity (Wildman–Crippen MR) is 118 cm³/mol. The molecule has 0 saturated carbocycles. The standard InChI is InChI=1S/C23H23F2N5O4/c1-32-19-12-18(27-13-20(19)33-15-2-4-16(5-3-15)34-23(24)25)22(31)30-10-8-14(9-11-30)17-6-7-21(26)29-28-17/h2-7,12-14,23H,8-11H2,1H3,(H2,26,29). The molecule has 0 aliphatic carbocycles. The number of nitrogens with two attached hydrogens (primary N) is 1. The Morgan fingerprint density at radius 1 is 1.06 bits per heavy atom. The Balaban J connectivity index is 1.40. The minimum Gasteiger partial charge on any atom is -0.493 e. The number of ether oxygens (including phenoxy) is 3. The number of carbonyl (C=O) groups excluding carboxylic acids is 1. The summed E-state index contributed by atoms with van der Waals surface area (Å²) in [7, 11) is 1.45. The van der Waals surface area contributed by atoms with Crippen molar-refractivity contribution in [3.63, 3.8) is 0 Å². The highest BCUT2D eigenvalue weighted by Crippen LogP contribution is 2.33. The second kappa shape index (κ2) is 10.3. The van der Waals surface area contributed by atoms with Gasteiger partial charge in [-0.15, -0.1) is 5.10 Å². The molecule has 34 heavy (non-hydrogen) atoms. The van der Waals surface area contributed by atoms with Gasteiger partial charge in [-0.1, -0.05) is 0 Å². The zero-order valence-electron chi connectivity index (χ0n) is 18.4. The number of alkyl halides is 2. The number of nitrogens with zero attached hydrogens (tertiary/aromatic N) is 4. The fourth-order valence-corrected chi connectivity index (χ4v) is 3.70. The van der Waals surface area contributed by atoms with E-state index in [1.807, 2.05) is 6.07 Å². The van der Waals surface area contributed by atoms with Crippen molar-refractivity contribution in [2.45, 2.75) is 25.4 Å². The Labute approximate surface area is 194 Å². The Morgan fingerprint density at radius 2 is 1.76 bits per heavy atom. The van der Waals surface area contributed by atoms with Crippen LogP contribution in [0.5, 0.6) is 23.0 Å². The van der Waals surface area contributed by atoms with Crippen molar-refractivity contribution in [2.24, 2.45) is 0 Å². The third kappa shape index (κ3) is 5.48. The molecule has 9 nitrogen and oxygen atoms in total. The van der Waals surface area contributed by atoms with Crippen LogP contribution in [0.3, 0.4) is 0 Å². The lowest BCUT2D eigenvalue weighted by Gasteiger charge is -2.31. The van der Waals surface area contributed by atoms with Gasteiger partial charge in [0, 0.05) is 25.1 Å². The molecule has 0 bridgehead atoms. The van der Waals surface area contributed by atoms with Gasteiger partial charge in [0.15, 0.2) is 11.5 Å². The maximum absolute atomic E-state index is 13.0. The summed E-state index contributed by atoms with van der Waals surface area (Å²) in [6.45, 7) is -1.78. The number of piperidine rings is 1. The van der Waals surface area contributed by atoms with Crippen LogP contribution in [0.1, 0.15) is 34.9 Å². The molecule has 0 atom stereocenters. The topological polar surface area (TPSA) is 113 Å². The van der Waals surface area contributed by atoms with Gasteiger partial charge < -0.3 is 24.8 Å². The molecule has 1 fully saturated rings. The molecule has 3 heterocycles. The lowest BCUT2D eigenvalue weighted by atomic mass is 9.93. The van der Waals surface area contributed by atoms with Crippen molar-refractivity contribution < 1.29 is 27.8 Å². The van der Waals surface area contributed by atoms with E-state index >= 15 is 0 Å². The number of halogens is 2. The van der Waals surface area contributed by atoms with E-state index in [0.717, 1.165) is 18.5 Å². The molecule has 1 aliphatic rings. The number of hydrogen-bond donors (Lipinski definition) is 1. The molecule has 3 aromatic rings. The first-order valence-electron chi connectivity index (χ1n) is 10.6. The maximum atomic E-state index is 13.0. The maximum Gasteiger partial charge on any atom is 0.387 e. The predicted octanol–water partition coefficient (Wildman–Crippen LogP) is 3.88. The van der Waals surface area contributed by atoms with Crippen molar-refractivity contribution in [1.29, 1.82) is 0 Å². The van der Waals surface area contributed by atoms with E-state index in [-0.39, 0.29) is 29.0 Å². The average Bonchev–Trinajstić information content (AvgIpc) is 2.85. The van der Waals surface area contributed by atoms with Gasteiger partial charge in [-0.05, 0) is 49.2 Å². The summed E-state index contributed by atoms with van der Waals surface area (Å²) in [5, 5.41) is 8.06. The first-order valence-corrected chi connectivity index (χ1v) is 10.6. The normalized spacial score (nSPS) is 14.2. The highest BCUT2D eigenvalue weighted by Gasteiger charge is 2.27. The van der Waals surface area contributed by atoms with Crippen molar-refractivity contribution in [3.05, 3.63) is 60.0 Å². The minimum absolute atomic E-state index is 0.0144. The van der Waals surface area contributed by atoms with Gasteiger partial charge >= 0.3 is 6.61 Å². The molecule has 2 aromatic heterocycles.